The molecule has 2 N–H and O–H groups in total. The minimum Gasteiger partial charge on any atom is -0.468 e. The van der Waals surface area contributed by atoms with E-state index in [-0.39, 0.29) is 19.2 Å². The number of hydrogen-bond donors (Lipinski definition) is 1. The van der Waals surface area contributed by atoms with Gasteiger partial charge < -0.3 is 19.9 Å². The highest BCUT2D eigenvalue weighted by Gasteiger charge is 2.38. The van der Waals surface area contributed by atoms with Crippen molar-refractivity contribution in [3.8, 4) is 0 Å². The van der Waals surface area contributed by atoms with Crippen LogP contribution in [0.25, 0.3) is 0 Å². The standard InChI is InChI=1S/C13H25NO5/c1-9(14)18-7-13(5,11(16)17-6)8-19-10(15)12(2,3)4/h9H,7-8,14H2,1-6H3. The van der Waals surface area contributed by atoms with Crippen molar-refractivity contribution in [2.75, 3.05) is 20.3 Å². The van der Waals surface area contributed by atoms with Crippen molar-refractivity contribution in [3.05, 3.63) is 0 Å². The van der Waals surface area contributed by atoms with E-state index in [0.717, 1.165) is 0 Å². The largest absolute Gasteiger partial charge is 0.468 e. The first-order valence-electron chi connectivity index (χ1n) is 6.16. The van der Waals surface area contributed by atoms with Crippen LogP contribution in [0.1, 0.15) is 34.6 Å². The Labute approximate surface area is 114 Å². The lowest BCUT2D eigenvalue weighted by molar-refractivity contribution is -0.170. The van der Waals surface area contributed by atoms with Crippen molar-refractivity contribution >= 4 is 11.9 Å². The predicted molar refractivity (Wildman–Crippen MR) is 70.1 cm³/mol. The van der Waals surface area contributed by atoms with E-state index in [1.165, 1.54) is 7.11 Å². The topological polar surface area (TPSA) is 87.8 Å². The number of carbonyl (C=O) groups excluding carboxylic acids is 2. The molecule has 6 nitrogen and oxygen atoms in total. The Morgan fingerprint density at radius 2 is 1.63 bits per heavy atom. The van der Waals surface area contributed by atoms with Gasteiger partial charge in [0.2, 0.25) is 0 Å². The fourth-order valence-electron chi connectivity index (χ4n) is 1.16. The van der Waals surface area contributed by atoms with Gasteiger partial charge in [-0.2, -0.15) is 0 Å². The molecule has 0 radical (unpaired) electrons. The number of hydrogen-bond acceptors (Lipinski definition) is 6. The van der Waals surface area contributed by atoms with Crippen molar-refractivity contribution in [2.24, 2.45) is 16.6 Å². The molecule has 19 heavy (non-hydrogen) atoms. The fourth-order valence-corrected chi connectivity index (χ4v) is 1.16. The van der Waals surface area contributed by atoms with Crippen molar-refractivity contribution in [2.45, 2.75) is 40.8 Å². The molecular formula is C13H25NO5. The third kappa shape index (κ3) is 6.02. The minimum atomic E-state index is -1.07. The van der Waals surface area contributed by atoms with E-state index in [1.807, 2.05) is 0 Å². The summed E-state index contributed by atoms with van der Waals surface area (Å²) in [5.41, 5.74) is 3.79. The second kappa shape index (κ2) is 6.86. The van der Waals surface area contributed by atoms with Crippen molar-refractivity contribution in [1.82, 2.24) is 0 Å². The number of esters is 2. The molecule has 0 saturated carbocycles. The van der Waals surface area contributed by atoms with Crippen molar-refractivity contribution < 1.29 is 23.8 Å². The summed E-state index contributed by atoms with van der Waals surface area (Å²) in [6.07, 6.45) is -0.512. The molecule has 0 amide bonds. The molecule has 0 aromatic carbocycles. The molecule has 2 unspecified atom stereocenters. The van der Waals surface area contributed by atoms with Gasteiger partial charge in [-0.3, -0.25) is 9.59 Å². The highest BCUT2D eigenvalue weighted by molar-refractivity contribution is 5.78. The molecule has 0 aliphatic rings. The lowest BCUT2D eigenvalue weighted by Crippen LogP contribution is -2.42. The maximum Gasteiger partial charge on any atom is 0.317 e. The van der Waals surface area contributed by atoms with E-state index >= 15 is 0 Å². The van der Waals surface area contributed by atoms with E-state index in [4.69, 9.17) is 19.9 Å². The van der Waals surface area contributed by atoms with Crippen LogP contribution in [0, 0.1) is 10.8 Å². The molecule has 0 saturated heterocycles. The van der Waals surface area contributed by atoms with Gasteiger partial charge in [-0.05, 0) is 34.6 Å². The van der Waals surface area contributed by atoms with Crippen molar-refractivity contribution in [1.29, 1.82) is 0 Å². The van der Waals surface area contributed by atoms with Crippen LogP contribution in [0.5, 0.6) is 0 Å². The summed E-state index contributed by atoms with van der Waals surface area (Å²) in [5.74, 6) is -0.890. The number of nitrogens with two attached hydrogens (primary N) is 1. The molecule has 0 bridgehead atoms. The Balaban J connectivity index is 4.69. The van der Waals surface area contributed by atoms with Crippen LogP contribution in [0.4, 0.5) is 0 Å². The second-order valence-electron chi connectivity index (χ2n) is 5.89. The molecule has 0 spiro atoms. The van der Waals surface area contributed by atoms with Gasteiger partial charge in [-0.25, -0.2) is 0 Å². The zero-order valence-electron chi connectivity index (χ0n) is 12.6. The Morgan fingerprint density at radius 1 is 1.11 bits per heavy atom. The Morgan fingerprint density at radius 3 is 2.00 bits per heavy atom. The summed E-state index contributed by atoms with van der Waals surface area (Å²) < 4.78 is 15.1. The molecule has 0 fully saturated rings. The Bertz CT molecular complexity index is 321. The summed E-state index contributed by atoms with van der Waals surface area (Å²) in [5, 5.41) is 0. The molecule has 112 valence electrons. The van der Waals surface area contributed by atoms with Gasteiger partial charge in [0.05, 0.1) is 19.1 Å². The summed E-state index contributed by atoms with van der Waals surface area (Å²) in [6.45, 7) is 8.39. The average molecular weight is 275 g/mol. The first-order chi connectivity index (χ1) is 8.53. The maximum absolute atomic E-state index is 11.8. The maximum atomic E-state index is 11.8. The second-order valence-corrected chi connectivity index (χ2v) is 5.89. The lowest BCUT2D eigenvalue weighted by atomic mass is 9.92. The third-order valence-corrected chi connectivity index (χ3v) is 2.48. The van der Waals surface area contributed by atoms with Crippen LogP contribution in [0.3, 0.4) is 0 Å². The van der Waals surface area contributed by atoms with Gasteiger partial charge in [-0.1, -0.05) is 0 Å². The van der Waals surface area contributed by atoms with E-state index in [9.17, 15) is 9.59 Å². The van der Waals surface area contributed by atoms with Crippen LogP contribution in [0.2, 0.25) is 0 Å². The Hall–Kier alpha value is -1.14. The van der Waals surface area contributed by atoms with Gasteiger partial charge in [0.25, 0.3) is 0 Å². The molecule has 2 atom stereocenters. The van der Waals surface area contributed by atoms with Gasteiger partial charge in [-0.15, -0.1) is 0 Å². The van der Waals surface area contributed by atoms with E-state index < -0.39 is 23.0 Å². The lowest BCUT2D eigenvalue weighted by Gasteiger charge is -2.28. The summed E-state index contributed by atoms with van der Waals surface area (Å²) >= 11 is 0. The van der Waals surface area contributed by atoms with Gasteiger partial charge in [0.1, 0.15) is 18.2 Å². The molecule has 0 aliphatic carbocycles. The quantitative estimate of drug-likeness (QED) is 0.576. The monoisotopic (exact) mass is 275 g/mol. The summed E-state index contributed by atoms with van der Waals surface area (Å²) in [4.78, 5) is 23.5. The zero-order chi connectivity index (χ0) is 15.3. The summed E-state index contributed by atoms with van der Waals surface area (Å²) in [6, 6.07) is 0. The first-order valence-corrected chi connectivity index (χ1v) is 6.16. The molecule has 0 rings (SSSR count). The van der Waals surface area contributed by atoms with E-state index in [1.54, 1.807) is 34.6 Å². The first kappa shape index (κ1) is 17.9. The van der Waals surface area contributed by atoms with Crippen LogP contribution >= 0.6 is 0 Å². The van der Waals surface area contributed by atoms with Gasteiger partial charge in [0, 0.05) is 0 Å². The molecular weight excluding hydrogens is 250 g/mol. The van der Waals surface area contributed by atoms with Crippen molar-refractivity contribution in [3.63, 3.8) is 0 Å². The minimum absolute atomic E-state index is 0.0226. The third-order valence-electron chi connectivity index (χ3n) is 2.48. The highest BCUT2D eigenvalue weighted by atomic mass is 16.6. The van der Waals surface area contributed by atoms with Crippen LogP contribution in [-0.4, -0.2) is 38.5 Å². The SMILES string of the molecule is COC(=O)C(C)(COC(=O)C(C)(C)C)COC(C)N. The number of carbonyl (C=O) groups is 2. The predicted octanol–water partition coefficient (Wildman–Crippen LogP) is 1.08. The zero-order valence-corrected chi connectivity index (χ0v) is 12.6. The number of ether oxygens (including phenoxy) is 3. The number of rotatable bonds is 6. The van der Waals surface area contributed by atoms with E-state index in [2.05, 4.69) is 0 Å². The molecule has 6 heteroatoms. The molecule has 0 aromatic rings. The highest BCUT2D eigenvalue weighted by Crippen LogP contribution is 2.23. The Kier molecular flexibility index (Phi) is 6.45. The van der Waals surface area contributed by atoms with Crippen LogP contribution in [0.15, 0.2) is 0 Å². The summed E-state index contributed by atoms with van der Waals surface area (Å²) in [7, 11) is 1.28. The van der Waals surface area contributed by atoms with E-state index in [0.29, 0.717) is 0 Å². The molecule has 0 heterocycles. The normalized spacial score (nSPS) is 16.4. The van der Waals surface area contributed by atoms with Crippen LogP contribution < -0.4 is 5.73 Å². The van der Waals surface area contributed by atoms with Crippen LogP contribution in [-0.2, 0) is 23.8 Å². The molecule has 0 aliphatic heterocycles. The average Bonchev–Trinajstić information content (AvgIpc) is 2.31. The number of methoxy groups -OCH3 is 1. The molecule has 0 aromatic heterocycles. The smallest absolute Gasteiger partial charge is 0.317 e. The fraction of sp³-hybridized carbons (Fsp3) is 0.846. The van der Waals surface area contributed by atoms with Gasteiger partial charge >= 0.3 is 11.9 Å². The van der Waals surface area contributed by atoms with Gasteiger partial charge in [0.15, 0.2) is 0 Å².